The Morgan fingerprint density at radius 2 is 1.86 bits per heavy atom. The van der Waals surface area contributed by atoms with Crippen LogP contribution in [0.2, 0.25) is 0 Å². The summed E-state index contributed by atoms with van der Waals surface area (Å²) >= 11 is 0. The fourth-order valence-corrected chi connectivity index (χ4v) is 4.99. The van der Waals surface area contributed by atoms with Crippen LogP contribution in [0.25, 0.3) is 0 Å². The van der Waals surface area contributed by atoms with E-state index < -0.39 is 15.9 Å². The Bertz CT molecular complexity index is 943. The predicted molar refractivity (Wildman–Crippen MR) is 112 cm³/mol. The molecular weight excluding hydrogens is 388 g/mol. The molecular formula is C21H30N4O3S. The Labute approximate surface area is 173 Å². The molecule has 29 heavy (non-hydrogen) atoms. The molecule has 1 aromatic heterocycles. The molecule has 7 nitrogen and oxygen atoms in total. The van der Waals surface area contributed by atoms with Crippen molar-refractivity contribution in [1.82, 2.24) is 19.4 Å². The van der Waals surface area contributed by atoms with Crippen molar-refractivity contribution >= 4 is 15.9 Å². The Morgan fingerprint density at radius 3 is 2.48 bits per heavy atom. The highest BCUT2D eigenvalue weighted by Gasteiger charge is 2.34. The maximum Gasteiger partial charge on any atom is 0.263 e. The van der Waals surface area contributed by atoms with Gasteiger partial charge in [-0.3, -0.25) is 9.48 Å². The maximum atomic E-state index is 13.2. The molecule has 0 bridgehead atoms. The van der Waals surface area contributed by atoms with Crippen molar-refractivity contribution in [2.75, 3.05) is 13.1 Å². The lowest BCUT2D eigenvalue weighted by Crippen LogP contribution is -2.39. The molecule has 8 heteroatoms. The van der Waals surface area contributed by atoms with Crippen LogP contribution >= 0.6 is 0 Å². The molecule has 0 unspecified atom stereocenters. The Balaban J connectivity index is 1.83. The number of hydrogen-bond acceptors (Lipinski definition) is 4. The SMILES string of the molecule is CCCn1cc(C(=O)NCc2ccc(C)cc2)c(S(=O)(=O)N2CCC(C)CC2)n1. The zero-order chi connectivity index (χ0) is 21.0. The molecule has 0 saturated carbocycles. The third kappa shape index (κ3) is 5.05. The van der Waals surface area contributed by atoms with Gasteiger partial charge in [-0.05, 0) is 37.7 Å². The van der Waals surface area contributed by atoms with Gasteiger partial charge >= 0.3 is 0 Å². The summed E-state index contributed by atoms with van der Waals surface area (Å²) < 4.78 is 29.5. The van der Waals surface area contributed by atoms with E-state index in [9.17, 15) is 13.2 Å². The van der Waals surface area contributed by atoms with Crippen molar-refractivity contribution in [3.63, 3.8) is 0 Å². The topological polar surface area (TPSA) is 84.3 Å². The van der Waals surface area contributed by atoms with Crippen molar-refractivity contribution in [3.8, 4) is 0 Å². The van der Waals surface area contributed by atoms with Gasteiger partial charge in [-0.1, -0.05) is 43.7 Å². The van der Waals surface area contributed by atoms with Crippen LogP contribution in [-0.4, -0.2) is 41.5 Å². The van der Waals surface area contributed by atoms with E-state index in [-0.39, 0.29) is 10.6 Å². The van der Waals surface area contributed by atoms with Gasteiger partial charge < -0.3 is 5.32 Å². The Hall–Kier alpha value is -2.19. The summed E-state index contributed by atoms with van der Waals surface area (Å²) in [5.74, 6) is 0.0910. The number of nitrogens with one attached hydrogen (secondary N) is 1. The van der Waals surface area contributed by atoms with Crippen LogP contribution in [-0.2, 0) is 23.1 Å². The van der Waals surface area contributed by atoms with Gasteiger partial charge in [0, 0.05) is 32.4 Å². The number of nitrogens with zero attached hydrogens (tertiary/aromatic N) is 3. The van der Waals surface area contributed by atoms with Crippen molar-refractivity contribution in [2.45, 2.75) is 58.1 Å². The van der Waals surface area contributed by atoms with Crippen LogP contribution in [0.4, 0.5) is 0 Å². The molecule has 0 aliphatic carbocycles. The number of aromatic nitrogens is 2. The zero-order valence-corrected chi connectivity index (χ0v) is 18.2. The second-order valence-electron chi connectivity index (χ2n) is 7.87. The quantitative estimate of drug-likeness (QED) is 0.749. The second kappa shape index (κ2) is 9.09. The third-order valence-corrected chi connectivity index (χ3v) is 7.16. The van der Waals surface area contributed by atoms with E-state index in [1.165, 1.54) is 4.31 Å². The standard InChI is InChI=1S/C21H30N4O3S/c1-4-11-24-15-19(20(26)22-14-18-7-5-16(2)6-8-18)21(23-24)29(27,28)25-12-9-17(3)10-13-25/h5-8,15,17H,4,9-14H2,1-3H3,(H,22,26). The summed E-state index contributed by atoms with van der Waals surface area (Å²) in [5.41, 5.74) is 2.22. The van der Waals surface area contributed by atoms with Crippen molar-refractivity contribution in [2.24, 2.45) is 5.92 Å². The van der Waals surface area contributed by atoms with E-state index in [4.69, 9.17) is 0 Å². The zero-order valence-electron chi connectivity index (χ0n) is 17.4. The lowest BCUT2D eigenvalue weighted by atomic mass is 10.0. The van der Waals surface area contributed by atoms with Crippen molar-refractivity contribution in [3.05, 3.63) is 47.2 Å². The number of carbonyl (C=O) groups is 1. The van der Waals surface area contributed by atoms with Crippen LogP contribution in [0.1, 0.15) is 54.6 Å². The van der Waals surface area contributed by atoms with Crippen LogP contribution in [0.5, 0.6) is 0 Å². The number of hydrogen-bond donors (Lipinski definition) is 1. The number of sulfonamides is 1. The molecule has 0 radical (unpaired) electrons. The van der Waals surface area contributed by atoms with Crippen molar-refractivity contribution in [1.29, 1.82) is 0 Å². The lowest BCUT2D eigenvalue weighted by molar-refractivity contribution is 0.0947. The number of aryl methyl sites for hydroxylation is 2. The highest BCUT2D eigenvalue weighted by Crippen LogP contribution is 2.25. The van der Waals surface area contributed by atoms with Crippen LogP contribution in [0, 0.1) is 12.8 Å². The average Bonchev–Trinajstić information content (AvgIpc) is 3.13. The number of rotatable bonds is 7. The first kappa shape index (κ1) is 21.5. The van der Waals surface area contributed by atoms with Crippen molar-refractivity contribution < 1.29 is 13.2 Å². The number of carbonyl (C=O) groups excluding carboxylic acids is 1. The molecule has 1 fully saturated rings. The van der Waals surface area contributed by atoms with E-state index in [0.29, 0.717) is 32.1 Å². The number of amides is 1. The van der Waals surface area contributed by atoms with E-state index in [1.807, 2.05) is 38.1 Å². The summed E-state index contributed by atoms with van der Waals surface area (Å²) in [7, 11) is -3.81. The normalized spacial score (nSPS) is 16.1. The minimum absolute atomic E-state index is 0.115. The van der Waals surface area contributed by atoms with Gasteiger partial charge in [0.25, 0.3) is 15.9 Å². The van der Waals surface area contributed by atoms with Gasteiger partial charge in [0.15, 0.2) is 0 Å². The summed E-state index contributed by atoms with van der Waals surface area (Å²) in [5, 5.41) is 6.98. The van der Waals surface area contributed by atoms with Gasteiger partial charge in [-0.2, -0.15) is 9.40 Å². The van der Waals surface area contributed by atoms with Crippen LogP contribution in [0.3, 0.4) is 0 Å². The molecule has 158 valence electrons. The van der Waals surface area contributed by atoms with Gasteiger partial charge in [0.1, 0.15) is 0 Å². The largest absolute Gasteiger partial charge is 0.348 e. The third-order valence-electron chi connectivity index (χ3n) is 5.33. The monoisotopic (exact) mass is 418 g/mol. The number of benzene rings is 1. The van der Waals surface area contributed by atoms with E-state index >= 15 is 0 Å². The minimum Gasteiger partial charge on any atom is -0.348 e. The smallest absolute Gasteiger partial charge is 0.263 e. The summed E-state index contributed by atoms with van der Waals surface area (Å²) in [4.78, 5) is 12.9. The van der Waals surface area contributed by atoms with E-state index in [0.717, 1.165) is 30.4 Å². The predicted octanol–water partition coefficient (Wildman–Crippen LogP) is 2.95. The molecule has 0 spiro atoms. The second-order valence-corrected chi connectivity index (χ2v) is 9.72. The Kier molecular flexibility index (Phi) is 6.74. The highest BCUT2D eigenvalue weighted by atomic mass is 32.2. The first-order valence-corrected chi connectivity index (χ1v) is 11.7. The lowest BCUT2D eigenvalue weighted by Gasteiger charge is -2.28. The molecule has 2 aromatic rings. The molecule has 1 amide bonds. The van der Waals surface area contributed by atoms with E-state index in [2.05, 4.69) is 17.3 Å². The summed E-state index contributed by atoms with van der Waals surface area (Å²) in [6, 6.07) is 7.85. The number of piperidine rings is 1. The van der Waals surface area contributed by atoms with Gasteiger partial charge in [0.05, 0.1) is 5.56 Å². The first-order valence-electron chi connectivity index (χ1n) is 10.2. The molecule has 1 saturated heterocycles. The fraction of sp³-hybridized carbons (Fsp3) is 0.524. The fourth-order valence-electron chi connectivity index (χ4n) is 3.42. The molecule has 1 aromatic carbocycles. The van der Waals surface area contributed by atoms with E-state index in [1.54, 1.807) is 10.9 Å². The molecule has 1 aliphatic rings. The molecule has 2 heterocycles. The van der Waals surface area contributed by atoms with Gasteiger partial charge in [-0.25, -0.2) is 8.42 Å². The molecule has 3 rings (SSSR count). The van der Waals surface area contributed by atoms with Gasteiger partial charge in [0.2, 0.25) is 5.03 Å². The first-order chi connectivity index (χ1) is 13.8. The molecule has 1 aliphatic heterocycles. The van der Waals surface area contributed by atoms with Crippen LogP contribution < -0.4 is 5.32 Å². The minimum atomic E-state index is -3.81. The maximum absolute atomic E-state index is 13.2. The average molecular weight is 419 g/mol. The van der Waals surface area contributed by atoms with Crippen LogP contribution in [0.15, 0.2) is 35.5 Å². The summed E-state index contributed by atoms with van der Waals surface area (Å²) in [6.45, 7) is 7.94. The summed E-state index contributed by atoms with van der Waals surface area (Å²) in [6.07, 6.45) is 3.99. The van der Waals surface area contributed by atoms with Gasteiger partial charge in [-0.15, -0.1) is 0 Å². The highest BCUT2D eigenvalue weighted by molar-refractivity contribution is 7.89. The molecule has 0 atom stereocenters. The molecule has 1 N–H and O–H groups in total. The Morgan fingerprint density at radius 1 is 1.21 bits per heavy atom.